The summed E-state index contributed by atoms with van der Waals surface area (Å²) in [5, 5.41) is 13.8. The summed E-state index contributed by atoms with van der Waals surface area (Å²) in [6.07, 6.45) is 2.79. The van der Waals surface area contributed by atoms with Crippen molar-refractivity contribution >= 4 is 23.2 Å². The molecule has 0 saturated carbocycles. The van der Waals surface area contributed by atoms with Gasteiger partial charge in [0.1, 0.15) is 5.71 Å². The van der Waals surface area contributed by atoms with E-state index >= 15 is 0 Å². The third-order valence-electron chi connectivity index (χ3n) is 5.18. The first-order chi connectivity index (χ1) is 15.5. The van der Waals surface area contributed by atoms with Crippen molar-refractivity contribution in [3.63, 3.8) is 0 Å². The Balaban J connectivity index is 1.57. The fourth-order valence-corrected chi connectivity index (χ4v) is 3.53. The first-order valence-corrected chi connectivity index (χ1v) is 10.6. The SMILES string of the molecule is CCCN(Cc1nnc(-c2ccco2)o1)C(=O)C1=NN(c2cc(C)ccc2C)C(=O)CC1. The van der Waals surface area contributed by atoms with Crippen LogP contribution in [0.5, 0.6) is 0 Å². The summed E-state index contributed by atoms with van der Waals surface area (Å²) in [5.74, 6) is 0.661. The van der Waals surface area contributed by atoms with E-state index in [-0.39, 0.29) is 30.7 Å². The summed E-state index contributed by atoms with van der Waals surface area (Å²) < 4.78 is 10.9. The number of benzene rings is 1. The van der Waals surface area contributed by atoms with Gasteiger partial charge in [0.05, 0.1) is 18.5 Å². The van der Waals surface area contributed by atoms with Gasteiger partial charge in [-0.25, -0.2) is 5.01 Å². The molecule has 1 aliphatic rings. The summed E-state index contributed by atoms with van der Waals surface area (Å²) in [6, 6.07) is 9.29. The average molecular weight is 435 g/mol. The topological polar surface area (TPSA) is 105 Å². The molecule has 0 bridgehead atoms. The number of carbonyl (C=O) groups excluding carboxylic acids is 2. The van der Waals surface area contributed by atoms with Crippen LogP contribution in [0.2, 0.25) is 0 Å². The molecule has 4 rings (SSSR count). The summed E-state index contributed by atoms with van der Waals surface area (Å²) in [4.78, 5) is 27.5. The molecule has 166 valence electrons. The molecule has 0 unspecified atom stereocenters. The summed E-state index contributed by atoms with van der Waals surface area (Å²) >= 11 is 0. The van der Waals surface area contributed by atoms with Crippen LogP contribution in [0.4, 0.5) is 5.69 Å². The first kappa shape index (κ1) is 21.5. The maximum absolute atomic E-state index is 13.3. The Morgan fingerprint density at radius 3 is 2.78 bits per heavy atom. The maximum Gasteiger partial charge on any atom is 0.283 e. The first-order valence-electron chi connectivity index (χ1n) is 10.6. The number of hydrazone groups is 1. The third-order valence-corrected chi connectivity index (χ3v) is 5.18. The number of hydrogen-bond donors (Lipinski definition) is 0. The van der Waals surface area contributed by atoms with Crippen LogP contribution >= 0.6 is 0 Å². The number of nitrogens with zero attached hydrogens (tertiary/aromatic N) is 5. The number of furan rings is 1. The zero-order valence-electron chi connectivity index (χ0n) is 18.4. The molecule has 3 aromatic rings. The predicted molar refractivity (Wildman–Crippen MR) is 118 cm³/mol. The number of carbonyl (C=O) groups is 2. The Morgan fingerprint density at radius 2 is 2.03 bits per heavy atom. The van der Waals surface area contributed by atoms with Crippen LogP contribution in [0.1, 0.15) is 43.2 Å². The number of aromatic nitrogens is 2. The Bertz CT molecular complexity index is 1150. The van der Waals surface area contributed by atoms with Gasteiger partial charge in [-0.3, -0.25) is 9.59 Å². The van der Waals surface area contributed by atoms with Crippen molar-refractivity contribution < 1.29 is 18.4 Å². The van der Waals surface area contributed by atoms with Crippen LogP contribution in [0.25, 0.3) is 11.7 Å². The van der Waals surface area contributed by atoms with E-state index in [4.69, 9.17) is 8.83 Å². The molecule has 0 N–H and O–H groups in total. The van der Waals surface area contributed by atoms with Crippen LogP contribution in [-0.4, -0.2) is 39.2 Å². The molecule has 0 aliphatic carbocycles. The lowest BCUT2D eigenvalue weighted by atomic mass is 10.1. The predicted octanol–water partition coefficient (Wildman–Crippen LogP) is 3.87. The quantitative estimate of drug-likeness (QED) is 0.558. The molecule has 0 saturated heterocycles. The van der Waals surface area contributed by atoms with Gasteiger partial charge >= 0.3 is 0 Å². The minimum absolute atomic E-state index is 0.128. The number of aryl methyl sites for hydroxylation is 2. The van der Waals surface area contributed by atoms with E-state index in [1.54, 1.807) is 17.0 Å². The van der Waals surface area contributed by atoms with Crippen molar-refractivity contribution in [2.75, 3.05) is 11.6 Å². The molecule has 3 heterocycles. The van der Waals surface area contributed by atoms with Gasteiger partial charge in [-0.1, -0.05) is 19.1 Å². The van der Waals surface area contributed by atoms with Crippen molar-refractivity contribution in [2.24, 2.45) is 5.10 Å². The van der Waals surface area contributed by atoms with Gasteiger partial charge in [-0.15, -0.1) is 10.2 Å². The lowest BCUT2D eigenvalue weighted by molar-refractivity contribution is -0.125. The van der Waals surface area contributed by atoms with Gasteiger partial charge in [0.2, 0.25) is 11.8 Å². The van der Waals surface area contributed by atoms with Crippen LogP contribution in [0, 0.1) is 13.8 Å². The van der Waals surface area contributed by atoms with Gasteiger partial charge < -0.3 is 13.7 Å². The molecule has 32 heavy (non-hydrogen) atoms. The number of hydrogen-bond acceptors (Lipinski definition) is 7. The molecule has 1 aliphatic heterocycles. The van der Waals surface area contributed by atoms with Gasteiger partial charge in [0, 0.05) is 19.4 Å². The van der Waals surface area contributed by atoms with E-state index in [9.17, 15) is 9.59 Å². The highest BCUT2D eigenvalue weighted by Gasteiger charge is 2.29. The van der Waals surface area contributed by atoms with E-state index in [1.165, 1.54) is 11.3 Å². The Kier molecular flexibility index (Phi) is 6.16. The van der Waals surface area contributed by atoms with E-state index < -0.39 is 0 Å². The van der Waals surface area contributed by atoms with Crippen LogP contribution in [0.15, 0.2) is 50.5 Å². The van der Waals surface area contributed by atoms with E-state index in [0.717, 1.165) is 17.5 Å². The van der Waals surface area contributed by atoms with Crippen LogP contribution in [-0.2, 0) is 16.1 Å². The van der Waals surface area contributed by atoms with Crippen molar-refractivity contribution in [1.29, 1.82) is 0 Å². The molecule has 0 fully saturated rings. The van der Waals surface area contributed by atoms with Crippen molar-refractivity contribution in [1.82, 2.24) is 15.1 Å². The molecule has 9 nitrogen and oxygen atoms in total. The molecule has 1 aromatic carbocycles. The Labute approximate surface area is 185 Å². The van der Waals surface area contributed by atoms with Crippen LogP contribution < -0.4 is 5.01 Å². The maximum atomic E-state index is 13.3. The smallest absolute Gasteiger partial charge is 0.283 e. The standard InChI is InChI=1S/C23H25N5O4/c1-4-11-27(14-20-24-25-22(32-20)19-6-5-12-31-19)23(30)17-9-10-21(29)28(26-17)18-13-15(2)7-8-16(18)3/h5-8,12-13H,4,9-11,14H2,1-3H3. The normalized spacial score (nSPS) is 13.9. The fourth-order valence-electron chi connectivity index (χ4n) is 3.53. The van der Waals surface area contributed by atoms with Gasteiger partial charge in [-0.05, 0) is 49.6 Å². The molecule has 2 aromatic heterocycles. The summed E-state index contributed by atoms with van der Waals surface area (Å²) in [6.45, 7) is 6.50. The minimum Gasteiger partial charge on any atom is -0.459 e. The number of amides is 2. The average Bonchev–Trinajstić information content (AvgIpc) is 3.47. The van der Waals surface area contributed by atoms with Gasteiger partial charge in [-0.2, -0.15) is 5.10 Å². The number of anilines is 1. The van der Waals surface area contributed by atoms with Crippen molar-refractivity contribution in [2.45, 2.75) is 46.6 Å². The van der Waals surface area contributed by atoms with E-state index in [2.05, 4.69) is 15.3 Å². The largest absolute Gasteiger partial charge is 0.459 e. The summed E-state index contributed by atoms with van der Waals surface area (Å²) in [5.41, 5.74) is 2.97. The van der Waals surface area contributed by atoms with E-state index in [0.29, 0.717) is 36.0 Å². The second kappa shape index (κ2) is 9.17. The summed E-state index contributed by atoms with van der Waals surface area (Å²) in [7, 11) is 0. The third kappa shape index (κ3) is 4.46. The second-order valence-electron chi connectivity index (χ2n) is 7.75. The van der Waals surface area contributed by atoms with Crippen LogP contribution in [0.3, 0.4) is 0 Å². The molecule has 0 spiro atoms. The Hall–Kier alpha value is -3.75. The molecule has 9 heteroatoms. The zero-order valence-corrected chi connectivity index (χ0v) is 18.4. The van der Waals surface area contributed by atoms with Crippen molar-refractivity contribution in [3.8, 4) is 11.7 Å². The van der Waals surface area contributed by atoms with Crippen molar-refractivity contribution in [3.05, 3.63) is 53.6 Å². The molecule has 2 amide bonds. The van der Waals surface area contributed by atoms with Gasteiger partial charge in [0.15, 0.2) is 5.76 Å². The monoisotopic (exact) mass is 435 g/mol. The molecule has 0 atom stereocenters. The molecular weight excluding hydrogens is 410 g/mol. The number of rotatable bonds is 7. The lowest BCUT2D eigenvalue weighted by Gasteiger charge is -2.27. The fraction of sp³-hybridized carbons (Fsp3) is 0.348. The lowest BCUT2D eigenvalue weighted by Crippen LogP contribution is -2.41. The highest BCUT2D eigenvalue weighted by molar-refractivity contribution is 6.40. The molecule has 0 radical (unpaired) electrons. The van der Waals surface area contributed by atoms with E-state index in [1.807, 2.05) is 39.0 Å². The second-order valence-corrected chi connectivity index (χ2v) is 7.75. The van der Waals surface area contributed by atoms with Gasteiger partial charge in [0.25, 0.3) is 11.8 Å². The highest BCUT2D eigenvalue weighted by atomic mass is 16.4. The minimum atomic E-state index is -0.243. The highest BCUT2D eigenvalue weighted by Crippen LogP contribution is 2.26. The zero-order chi connectivity index (χ0) is 22.7. The molecular formula is C23H25N5O4. The Morgan fingerprint density at radius 1 is 1.19 bits per heavy atom.